The Balaban J connectivity index is 2.30. The maximum Gasteiger partial charge on any atom is 0.0968 e. The van der Waals surface area contributed by atoms with Gasteiger partial charge in [-0.15, -0.1) is 0 Å². The average molecular weight is 140 g/mol. The van der Waals surface area contributed by atoms with Crippen LogP contribution in [-0.4, -0.2) is 11.2 Å². The van der Waals surface area contributed by atoms with Crippen molar-refractivity contribution in [1.82, 2.24) is 0 Å². The third kappa shape index (κ3) is 1.40. The van der Waals surface area contributed by atoms with E-state index in [0.29, 0.717) is 0 Å². The summed E-state index contributed by atoms with van der Waals surface area (Å²) in [7, 11) is 0. The van der Waals surface area contributed by atoms with Gasteiger partial charge in [0, 0.05) is 0 Å². The molecule has 1 heteroatoms. The molecule has 0 saturated heterocycles. The van der Waals surface area contributed by atoms with Crippen molar-refractivity contribution in [2.75, 3.05) is 0 Å². The lowest BCUT2D eigenvalue weighted by Crippen LogP contribution is -1.86. The molecule has 0 bridgehead atoms. The summed E-state index contributed by atoms with van der Waals surface area (Å²) in [5.74, 6) is 0. The molecule has 1 nitrogen and oxygen atoms in total. The highest BCUT2D eigenvalue weighted by molar-refractivity contribution is 5.43. The first kappa shape index (κ1) is 7.80. The highest BCUT2D eigenvalue weighted by Gasteiger charge is 2.31. The molecule has 58 valence electrons. The van der Waals surface area contributed by atoms with Gasteiger partial charge >= 0.3 is 0 Å². The maximum absolute atomic E-state index is 9.27. The first-order valence-corrected chi connectivity index (χ1v) is 4.21. The van der Waals surface area contributed by atoms with Gasteiger partial charge in [0.2, 0.25) is 0 Å². The Morgan fingerprint density at radius 1 is 1.10 bits per heavy atom. The molecule has 1 N–H and O–H groups in total. The van der Waals surface area contributed by atoms with Gasteiger partial charge in [0.05, 0.1) is 6.10 Å². The Bertz CT molecular complexity index is 131. The normalized spacial score (nSPS) is 18.3. The first-order chi connectivity index (χ1) is 4.81. The minimum atomic E-state index is -0.111. The van der Waals surface area contributed by atoms with Gasteiger partial charge in [-0.05, 0) is 24.0 Å². The Morgan fingerprint density at radius 3 is 1.80 bits per heavy atom. The lowest BCUT2D eigenvalue weighted by molar-refractivity contribution is 0.283. The summed E-state index contributed by atoms with van der Waals surface area (Å²) >= 11 is 0. The molecular weight excluding hydrogens is 124 g/mol. The highest BCUT2D eigenvalue weighted by atomic mass is 16.3. The van der Waals surface area contributed by atoms with Crippen molar-refractivity contribution in [2.45, 2.75) is 45.6 Å². The largest absolute Gasteiger partial charge is 0.384 e. The van der Waals surface area contributed by atoms with Crippen LogP contribution in [0.5, 0.6) is 0 Å². The second-order valence-electron chi connectivity index (χ2n) is 2.95. The van der Waals surface area contributed by atoms with Crippen LogP contribution in [0.15, 0.2) is 11.1 Å². The summed E-state index contributed by atoms with van der Waals surface area (Å²) in [4.78, 5) is 0. The van der Waals surface area contributed by atoms with E-state index in [1.165, 1.54) is 24.0 Å². The third-order valence-corrected chi connectivity index (χ3v) is 2.03. The van der Waals surface area contributed by atoms with Gasteiger partial charge in [-0.1, -0.05) is 26.7 Å². The van der Waals surface area contributed by atoms with Gasteiger partial charge < -0.3 is 5.11 Å². The lowest BCUT2D eigenvalue weighted by atomic mass is 10.2. The molecule has 0 aromatic rings. The van der Waals surface area contributed by atoms with E-state index < -0.39 is 0 Å². The summed E-state index contributed by atoms with van der Waals surface area (Å²) in [6.45, 7) is 4.31. The van der Waals surface area contributed by atoms with Crippen molar-refractivity contribution in [3.63, 3.8) is 0 Å². The quantitative estimate of drug-likeness (QED) is 0.594. The van der Waals surface area contributed by atoms with Crippen LogP contribution in [0, 0.1) is 0 Å². The molecule has 0 spiro atoms. The smallest absolute Gasteiger partial charge is 0.0968 e. The molecule has 0 heterocycles. The van der Waals surface area contributed by atoms with E-state index in [0.717, 1.165) is 12.8 Å². The third-order valence-electron chi connectivity index (χ3n) is 2.03. The van der Waals surface area contributed by atoms with E-state index in [1.54, 1.807) is 0 Å². The molecule has 0 saturated carbocycles. The zero-order valence-electron chi connectivity index (χ0n) is 6.85. The molecule has 0 radical (unpaired) electrons. The number of aliphatic hydroxyl groups excluding tert-OH is 1. The Morgan fingerprint density at radius 2 is 1.50 bits per heavy atom. The molecule has 0 fully saturated rings. The lowest BCUT2D eigenvalue weighted by Gasteiger charge is -1.86. The van der Waals surface area contributed by atoms with Crippen LogP contribution >= 0.6 is 0 Å². The van der Waals surface area contributed by atoms with Crippen molar-refractivity contribution in [3.8, 4) is 0 Å². The van der Waals surface area contributed by atoms with Crippen LogP contribution in [0.2, 0.25) is 0 Å². The molecule has 0 aromatic carbocycles. The molecule has 0 unspecified atom stereocenters. The maximum atomic E-state index is 9.27. The zero-order chi connectivity index (χ0) is 7.56. The van der Waals surface area contributed by atoms with Gasteiger partial charge in [-0.25, -0.2) is 0 Å². The molecule has 1 rings (SSSR count). The fourth-order valence-corrected chi connectivity index (χ4v) is 1.44. The van der Waals surface area contributed by atoms with Crippen molar-refractivity contribution >= 4 is 0 Å². The van der Waals surface area contributed by atoms with Crippen molar-refractivity contribution in [2.24, 2.45) is 0 Å². The fraction of sp³-hybridized carbons (Fsp3) is 0.778. The number of hydrogen-bond donors (Lipinski definition) is 1. The van der Waals surface area contributed by atoms with Gasteiger partial charge in [0.25, 0.3) is 0 Å². The molecule has 1 aliphatic rings. The predicted molar refractivity (Wildman–Crippen MR) is 42.8 cm³/mol. The summed E-state index contributed by atoms with van der Waals surface area (Å²) in [6.07, 6.45) is 4.44. The minimum Gasteiger partial charge on any atom is -0.384 e. The molecule has 0 aliphatic heterocycles. The van der Waals surface area contributed by atoms with E-state index in [1.807, 2.05) is 0 Å². The van der Waals surface area contributed by atoms with Crippen molar-refractivity contribution < 1.29 is 5.11 Å². The van der Waals surface area contributed by atoms with Crippen molar-refractivity contribution in [1.29, 1.82) is 0 Å². The molecule has 1 aliphatic carbocycles. The summed E-state index contributed by atoms with van der Waals surface area (Å²) in [5.41, 5.74) is 2.65. The summed E-state index contributed by atoms with van der Waals surface area (Å²) in [5, 5.41) is 9.27. The van der Waals surface area contributed by atoms with Gasteiger partial charge in [0.15, 0.2) is 0 Å². The van der Waals surface area contributed by atoms with Gasteiger partial charge in [-0.3, -0.25) is 0 Å². The average Bonchev–Trinajstić information content (AvgIpc) is 2.48. The van der Waals surface area contributed by atoms with Crippen molar-refractivity contribution in [3.05, 3.63) is 11.1 Å². The monoisotopic (exact) mass is 140 g/mol. The molecular formula is C9H16O. The Kier molecular flexibility index (Phi) is 2.50. The van der Waals surface area contributed by atoms with Gasteiger partial charge in [0.1, 0.15) is 0 Å². The van der Waals surface area contributed by atoms with E-state index in [4.69, 9.17) is 0 Å². The molecule has 0 aromatic heterocycles. The van der Waals surface area contributed by atoms with Crippen LogP contribution in [-0.2, 0) is 0 Å². The molecule has 0 amide bonds. The van der Waals surface area contributed by atoms with E-state index in [-0.39, 0.29) is 6.10 Å². The topological polar surface area (TPSA) is 20.2 Å². The van der Waals surface area contributed by atoms with E-state index in [9.17, 15) is 5.11 Å². The van der Waals surface area contributed by atoms with Crippen LogP contribution in [0.1, 0.15) is 39.5 Å². The fourth-order valence-electron chi connectivity index (χ4n) is 1.44. The molecule has 10 heavy (non-hydrogen) atoms. The number of hydrogen-bond acceptors (Lipinski definition) is 1. The SMILES string of the molecule is CCCC1=C(CCC)C1O. The molecule has 0 atom stereocenters. The van der Waals surface area contributed by atoms with Crippen LogP contribution < -0.4 is 0 Å². The Hall–Kier alpha value is -0.300. The standard InChI is InChI=1S/C9H16O/c1-3-5-7-8(6-4-2)9(7)10/h9-10H,3-6H2,1-2H3. The first-order valence-electron chi connectivity index (χ1n) is 4.21. The van der Waals surface area contributed by atoms with E-state index >= 15 is 0 Å². The zero-order valence-corrected chi connectivity index (χ0v) is 6.85. The minimum absolute atomic E-state index is 0.111. The van der Waals surface area contributed by atoms with Gasteiger partial charge in [-0.2, -0.15) is 0 Å². The second-order valence-corrected chi connectivity index (χ2v) is 2.95. The summed E-state index contributed by atoms with van der Waals surface area (Å²) < 4.78 is 0. The van der Waals surface area contributed by atoms with E-state index in [2.05, 4.69) is 13.8 Å². The van der Waals surface area contributed by atoms with Crippen LogP contribution in [0.3, 0.4) is 0 Å². The summed E-state index contributed by atoms with van der Waals surface area (Å²) in [6, 6.07) is 0. The van der Waals surface area contributed by atoms with Crippen LogP contribution in [0.25, 0.3) is 0 Å². The Labute approximate surface area is 62.8 Å². The van der Waals surface area contributed by atoms with Crippen LogP contribution in [0.4, 0.5) is 0 Å². The number of rotatable bonds is 4. The second kappa shape index (κ2) is 3.20. The predicted octanol–water partition coefficient (Wildman–Crippen LogP) is 2.26. The highest BCUT2D eigenvalue weighted by Crippen LogP contribution is 2.38. The number of aliphatic hydroxyl groups is 1.